The first-order valence-electron chi connectivity index (χ1n) is 3.91. The molecule has 2 aromatic rings. The van der Waals surface area contributed by atoms with E-state index in [1.807, 2.05) is 24.5 Å². The van der Waals surface area contributed by atoms with Gasteiger partial charge in [0.15, 0.2) is 4.34 Å². The van der Waals surface area contributed by atoms with Crippen LogP contribution in [-0.4, -0.2) is 11.2 Å². The number of thiazole rings is 1. The molecule has 0 unspecified atom stereocenters. The van der Waals surface area contributed by atoms with Crippen LogP contribution in [0.2, 0.25) is 0 Å². The maximum atomic E-state index is 9.66. The summed E-state index contributed by atoms with van der Waals surface area (Å²) < 4.78 is 6.37. The van der Waals surface area contributed by atoms with Gasteiger partial charge in [-0.15, -0.1) is 11.3 Å². The maximum Gasteiger partial charge on any atom is 1.00 e. The van der Waals surface area contributed by atoms with Gasteiger partial charge in [-0.05, 0) is 24.5 Å². The van der Waals surface area contributed by atoms with Gasteiger partial charge in [0.25, 0.3) is 0 Å². The number of nitrogens with zero attached hydrogens (tertiary/aromatic N) is 1. The van der Waals surface area contributed by atoms with E-state index >= 15 is 0 Å². The molecular weight excluding hydrogens is 277 g/mol. The molecule has 0 amide bonds. The van der Waals surface area contributed by atoms with Crippen LogP contribution < -0.4 is 34.8 Å². The van der Waals surface area contributed by atoms with Crippen LogP contribution in [0.3, 0.4) is 0 Å². The van der Waals surface area contributed by atoms with Gasteiger partial charge in [0.2, 0.25) is 0 Å². The molecule has 2 rings (SSSR count). The Labute approximate surface area is 127 Å². The van der Waals surface area contributed by atoms with Gasteiger partial charge in [-0.2, -0.15) is 4.33 Å². The van der Waals surface area contributed by atoms with Crippen molar-refractivity contribution in [2.45, 2.75) is 9.24 Å². The number of benzene rings is 1. The second-order valence-corrected chi connectivity index (χ2v) is 5.39. The minimum atomic E-state index is 0. The van der Waals surface area contributed by atoms with E-state index in [1.165, 1.54) is 0 Å². The molecule has 4 nitrogen and oxygen atoms in total. The number of thioether (sulfide) groups is 1. The van der Waals surface area contributed by atoms with E-state index in [2.05, 4.69) is 14.4 Å². The van der Waals surface area contributed by atoms with Crippen molar-refractivity contribution in [3.8, 4) is 0 Å². The molecule has 0 saturated carbocycles. The Morgan fingerprint density at radius 1 is 1.44 bits per heavy atom. The number of fused-ring (bicyclic) bond motifs is 1. The summed E-state index contributed by atoms with van der Waals surface area (Å²) in [4.78, 5) is 5.18. The largest absolute Gasteiger partial charge is 1.00 e. The summed E-state index contributed by atoms with van der Waals surface area (Å²) in [5.41, 5.74) is 0.906. The van der Waals surface area contributed by atoms with Gasteiger partial charge in [-0.25, -0.2) is 4.98 Å². The molecule has 0 spiro atoms. The zero-order chi connectivity index (χ0) is 10.7. The molecule has 1 aromatic heterocycles. The third kappa shape index (κ3) is 3.59. The topological polar surface area (TPSA) is 54.4 Å². The van der Waals surface area contributed by atoms with Gasteiger partial charge in [-0.3, -0.25) is 5.04 Å². The van der Waals surface area contributed by atoms with Crippen molar-refractivity contribution in [2.75, 3.05) is 6.26 Å². The number of hydrogen-bond donors (Lipinski definition) is 0. The minimum Gasteiger partial charge on any atom is -0.691 e. The first-order chi connectivity index (χ1) is 7.33. The molecule has 0 N–H and O–H groups in total. The van der Waals surface area contributed by atoms with Gasteiger partial charge < -0.3 is 5.26 Å². The molecule has 0 bridgehead atoms. The Kier molecular flexibility index (Phi) is 6.63. The monoisotopic (exact) mass is 283 g/mol. The van der Waals surface area contributed by atoms with Crippen LogP contribution in [0.15, 0.2) is 27.4 Å². The van der Waals surface area contributed by atoms with Gasteiger partial charge in [0.1, 0.15) is 0 Å². The molecular formula is C8H6NNaO3S3. The molecule has 0 atom stereocenters. The summed E-state index contributed by atoms with van der Waals surface area (Å²) in [6, 6.07) is 5.66. The van der Waals surface area contributed by atoms with Gasteiger partial charge in [0.05, 0.1) is 22.3 Å². The van der Waals surface area contributed by atoms with E-state index in [1.54, 1.807) is 23.1 Å². The van der Waals surface area contributed by atoms with Crippen molar-refractivity contribution >= 4 is 45.4 Å². The van der Waals surface area contributed by atoms with Crippen molar-refractivity contribution < 1.29 is 44.2 Å². The second-order valence-electron chi connectivity index (χ2n) is 2.53. The van der Waals surface area contributed by atoms with E-state index in [0.29, 0.717) is 0 Å². The normalized spacial score (nSPS) is 10.4. The zero-order valence-corrected chi connectivity index (χ0v) is 13.1. The first-order valence-corrected chi connectivity index (χ1v) is 6.69. The molecule has 0 aliphatic heterocycles. The summed E-state index contributed by atoms with van der Waals surface area (Å²) >= 11 is 4.13. The fourth-order valence-electron chi connectivity index (χ4n) is 1.08. The van der Waals surface area contributed by atoms with Crippen LogP contribution >= 0.6 is 35.1 Å². The maximum absolute atomic E-state index is 9.66. The standard InChI is InChI=1S/C8H7NO3S3.Na/c1-13-8-9-6-4-5(15-12-11-10)2-3-7(6)14-8;/h2-4,10H,1H3;/q;+1/p-1. The van der Waals surface area contributed by atoms with Crippen LogP contribution in [0.25, 0.3) is 10.2 Å². The molecule has 8 heteroatoms. The summed E-state index contributed by atoms with van der Waals surface area (Å²) in [6.45, 7) is 0. The van der Waals surface area contributed by atoms with Crippen molar-refractivity contribution in [1.82, 2.24) is 4.98 Å². The van der Waals surface area contributed by atoms with Gasteiger partial charge >= 0.3 is 29.6 Å². The molecule has 0 aliphatic rings. The zero-order valence-electron chi connectivity index (χ0n) is 8.63. The second kappa shape index (κ2) is 7.20. The molecule has 0 radical (unpaired) electrons. The Morgan fingerprint density at radius 2 is 2.25 bits per heavy atom. The molecule has 0 aliphatic carbocycles. The third-order valence-electron chi connectivity index (χ3n) is 1.67. The third-order valence-corrected chi connectivity index (χ3v) is 4.26. The van der Waals surface area contributed by atoms with Crippen molar-refractivity contribution in [3.63, 3.8) is 0 Å². The van der Waals surface area contributed by atoms with Crippen LogP contribution in [-0.2, 0) is 9.37 Å². The number of hydrogen-bond acceptors (Lipinski definition) is 7. The van der Waals surface area contributed by atoms with E-state index in [-0.39, 0.29) is 29.6 Å². The summed E-state index contributed by atoms with van der Waals surface area (Å²) in [7, 11) is 0. The molecule has 0 saturated heterocycles. The summed E-state index contributed by atoms with van der Waals surface area (Å²) in [5, 5.41) is 12.9. The average Bonchev–Trinajstić information content (AvgIpc) is 2.68. The quantitative estimate of drug-likeness (QED) is 0.242. The van der Waals surface area contributed by atoms with E-state index in [0.717, 1.165) is 31.5 Å². The van der Waals surface area contributed by atoms with Crippen LogP contribution in [0.1, 0.15) is 0 Å². The SMILES string of the molecule is CSc1nc2cc(SOO[O-])ccc2s1.[Na+]. The minimum absolute atomic E-state index is 0. The number of aromatic nitrogens is 1. The van der Waals surface area contributed by atoms with Gasteiger partial charge in [0, 0.05) is 4.90 Å². The first kappa shape index (κ1) is 14.7. The fourth-order valence-corrected chi connectivity index (χ4v) is 2.94. The molecule has 16 heavy (non-hydrogen) atoms. The van der Waals surface area contributed by atoms with Crippen LogP contribution in [0, 0.1) is 0 Å². The Hall–Kier alpha value is 0.690. The smallest absolute Gasteiger partial charge is 0.691 e. The summed E-state index contributed by atoms with van der Waals surface area (Å²) in [5.74, 6) is 0. The predicted octanol–water partition coefficient (Wildman–Crippen LogP) is -0.747. The predicted molar refractivity (Wildman–Crippen MR) is 59.4 cm³/mol. The molecule has 80 valence electrons. The fraction of sp³-hybridized carbons (Fsp3) is 0.125. The Morgan fingerprint density at radius 3 is 2.94 bits per heavy atom. The van der Waals surface area contributed by atoms with E-state index in [4.69, 9.17) is 0 Å². The van der Waals surface area contributed by atoms with Crippen LogP contribution in [0.4, 0.5) is 0 Å². The van der Waals surface area contributed by atoms with Gasteiger partial charge in [-0.1, -0.05) is 11.8 Å². The van der Waals surface area contributed by atoms with Crippen molar-refractivity contribution in [3.05, 3.63) is 18.2 Å². The Bertz CT molecular complexity index is 465. The van der Waals surface area contributed by atoms with E-state index < -0.39 is 0 Å². The van der Waals surface area contributed by atoms with Crippen LogP contribution in [0.5, 0.6) is 0 Å². The van der Waals surface area contributed by atoms with E-state index in [9.17, 15) is 5.26 Å². The Balaban J connectivity index is 0.00000128. The molecule has 0 fully saturated rings. The molecule has 1 heterocycles. The molecule has 1 aromatic carbocycles. The van der Waals surface area contributed by atoms with Crippen molar-refractivity contribution in [2.24, 2.45) is 0 Å². The summed E-state index contributed by atoms with van der Waals surface area (Å²) in [6.07, 6.45) is 1.99. The number of rotatable bonds is 4. The van der Waals surface area contributed by atoms with Crippen molar-refractivity contribution in [1.29, 1.82) is 0 Å². The average molecular weight is 283 g/mol.